The average molecular weight is 247 g/mol. The molecule has 1 atom stereocenters. The van der Waals surface area contributed by atoms with Crippen molar-refractivity contribution in [2.24, 2.45) is 0 Å². The highest BCUT2D eigenvalue weighted by molar-refractivity contribution is 5.41. The minimum atomic E-state index is 0.228. The lowest BCUT2D eigenvalue weighted by Crippen LogP contribution is -2.21. The third-order valence-electron chi connectivity index (χ3n) is 3.24. The number of rotatable bonds is 2. The highest BCUT2D eigenvalue weighted by Crippen LogP contribution is 2.24. The lowest BCUT2D eigenvalue weighted by molar-refractivity contribution is 0.217. The molecule has 0 saturated carbocycles. The van der Waals surface area contributed by atoms with Crippen LogP contribution in [-0.4, -0.2) is 38.8 Å². The Balaban J connectivity index is 2.04. The molecule has 1 saturated heterocycles. The van der Waals surface area contributed by atoms with Crippen LogP contribution < -0.4 is 10.1 Å². The second-order valence-electron chi connectivity index (χ2n) is 4.72. The van der Waals surface area contributed by atoms with Crippen LogP contribution >= 0.6 is 0 Å². The fourth-order valence-electron chi connectivity index (χ4n) is 2.33. The Bertz CT molecular complexity index is 586. The van der Waals surface area contributed by atoms with Crippen LogP contribution in [0.5, 0.6) is 5.75 Å². The molecule has 0 amide bonds. The number of hydrogen-bond acceptors (Lipinski definition) is 5. The van der Waals surface area contributed by atoms with Crippen LogP contribution in [-0.2, 0) is 0 Å². The van der Waals surface area contributed by atoms with Crippen LogP contribution in [0.4, 0.5) is 0 Å². The molecule has 3 heterocycles. The van der Waals surface area contributed by atoms with Crippen molar-refractivity contribution >= 4 is 5.78 Å². The van der Waals surface area contributed by atoms with Crippen LogP contribution in [0.15, 0.2) is 0 Å². The van der Waals surface area contributed by atoms with Gasteiger partial charge in [-0.2, -0.15) is 9.50 Å². The van der Waals surface area contributed by atoms with Gasteiger partial charge < -0.3 is 10.1 Å². The predicted molar refractivity (Wildman–Crippen MR) is 66.9 cm³/mol. The van der Waals surface area contributed by atoms with Gasteiger partial charge in [0, 0.05) is 6.54 Å². The van der Waals surface area contributed by atoms with Crippen molar-refractivity contribution in [3.63, 3.8) is 0 Å². The Hall–Kier alpha value is -1.69. The monoisotopic (exact) mass is 247 g/mol. The molecule has 0 spiro atoms. The molecule has 0 radical (unpaired) electrons. The molecule has 1 aliphatic heterocycles. The lowest BCUT2D eigenvalue weighted by Gasteiger charge is -2.16. The second kappa shape index (κ2) is 4.20. The molecule has 1 fully saturated rings. The molecule has 96 valence electrons. The summed E-state index contributed by atoms with van der Waals surface area (Å²) in [6.45, 7) is 7.72. The van der Waals surface area contributed by atoms with Crippen LogP contribution in [0.3, 0.4) is 0 Å². The SMILES string of the molecule is Cc1nc2nc(C)c(O[C@@H]3CCNC3)c(C)n2n1. The number of hydrogen-bond donors (Lipinski definition) is 1. The number of ether oxygens (including phenoxy) is 1. The van der Waals surface area contributed by atoms with Gasteiger partial charge in [0.1, 0.15) is 11.9 Å². The Morgan fingerprint density at radius 3 is 2.83 bits per heavy atom. The van der Waals surface area contributed by atoms with E-state index < -0.39 is 0 Å². The van der Waals surface area contributed by atoms with Crippen molar-refractivity contribution in [3.05, 3.63) is 17.2 Å². The lowest BCUT2D eigenvalue weighted by atomic mass is 10.3. The fraction of sp³-hybridized carbons (Fsp3) is 0.583. The maximum atomic E-state index is 6.04. The average Bonchev–Trinajstić information content (AvgIpc) is 2.93. The second-order valence-corrected chi connectivity index (χ2v) is 4.72. The first kappa shape index (κ1) is 11.4. The first-order valence-corrected chi connectivity index (χ1v) is 6.23. The molecule has 1 N–H and O–H groups in total. The minimum absolute atomic E-state index is 0.228. The van der Waals surface area contributed by atoms with E-state index >= 15 is 0 Å². The fourth-order valence-corrected chi connectivity index (χ4v) is 2.33. The summed E-state index contributed by atoms with van der Waals surface area (Å²) in [5.74, 6) is 2.20. The number of fused-ring (bicyclic) bond motifs is 1. The number of aryl methyl sites for hydroxylation is 3. The summed E-state index contributed by atoms with van der Waals surface area (Å²) in [5, 5.41) is 7.63. The first-order chi connectivity index (χ1) is 8.65. The van der Waals surface area contributed by atoms with E-state index in [4.69, 9.17) is 4.74 Å². The predicted octanol–water partition coefficient (Wildman–Crippen LogP) is 0.790. The summed E-state index contributed by atoms with van der Waals surface area (Å²) >= 11 is 0. The van der Waals surface area contributed by atoms with Crippen LogP contribution in [0.1, 0.15) is 23.6 Å². The molecule has 3 rings (SSSR count). The largest absolute Gasteiger partial charge is 0.485 e. The van der Waals surface area contributed by atoms with Crippen LogP contribution in [0.25, 0.3) is 5.78 Å². The first-order valence-electron chi connectivity index (χ1n) is 6.23. The number of aromatic nitrogens is 4. The Kier molecular flexibility index (Phi) is 2.66. The van der Waals surface area contributed by atoms with E-state index in [1.54, 1.807) is 4.52 Å². The van der Waals surface area contributed by atoms with Gasteiger partial charge in [-0.25, -0.2) is 4.98 Å². The quantitative estimate of drug-likeness (QED) is 0.850. The zero-order valence-corrected chi connectivity index (χ0v) is 10.9. The van der Waals surface area contributed by atoms with Gasteiger partial charge in [0.25, 0.3) is 5.78 Å². The van der Waals surface area contributed by atoms with Gasteiger partial charge in [-0.1, -0.05) is 0 Å². The van der Waals surface area contributed by atoms with Gasteiger partial charge in [-0.15, -0.1) is 5.10 Å². The molecule has 0 aromatic carbocycles. The normalized spacial score (nSPS) is 19.6. The maximum Gasteiger partial charge on any atom is 0.253 e. The zero-order valence-electron chi connectivity index (χ0n) is 10.9. The Morgan fingerprint density at radius 2 is 2.11 bits per heavy atom. The van der Waals surface area contributed by atoms with Gasteiger partial charge in [0.15, 0.2) is 5.75 Å². The summed E-state index contributed by atoms with van der Waals surface area (Å²) in [5.41, 5.74) is 1.84. The van der Waals surface area contributed by atoms with Crippen molar-refractivity contribution in [2.45, 2.75) is 33.3 Å². The molecule has 0 bridgehead atoms. The maximum absolute atomic E-state index is 6.04. The molecular formula is C12H17N5O. The van der Waals surface area contributed by atoms with Gasteiger partial charge in [-0.05, 0) is 33.7 Å². The smallest absolute Gasteiger partial charge is 0.253 e. The molecule has 18 heavy (non-hydrogen) atoms. The summed E-state index contributed by atoms with van der Waals surface area (Å²) in [6.07, 6.45) is 1.26. The van der Waals surface area contributed by atoms with E-state index in [1.807, 2.05) is 20.8 Å². The molecule has 6 heteroatoms. The summed E-state index contributed by atoms with van der Waals surface area (Å²) in [4.78, 5) is 8.72. The number of nitrogens with one attached hydrogen (secondary N) is 1. The molecular weight excluding hydrogens is 230 g/mol. The van der Waals surface area contributed by atoms with E-state index in [0.29, 0.717) is 5.78 Å². The van der Waals surface area contributed by atoms with Crippen molar-refractivity contribution < 1.29 is 4.74 Å². The van der Waals surface area contributed by atoms with Gasteiger partial charge in [0.2, 0.25) is 0 Å². The van der Waals surface area contributed by atoms with Crippen molar-refractivity contribution in [2.75, 3.05) is 13.1 Å². The van der Waals surface area contributed by atoms with Crippen LogP contribution in [0, 0.1) is 20.8 Å². The van der Waals surface area contributed by atoms with Crippen molar-refractivity contribution in [3.8, 4) is 5.75 Å². The van der Waals surface area contributed by atoms with E-state index in [-0.39, 0.29) is 6.10 Å². The minimum Gasteiger partial charge on any atom is -0.485 e. The molecule has 0 aliphatic carbocycles. The standard InChI is InChI=1S/C12H17N5O/c1-7-11(18-10-4-5-13-6-10)8(2)17-12(14-7)15-9(3)16-17/h10,13H,4-6H2,1-3H3/t10-/m1/s1. The van der Waals surface area contributed by atoms with Gasteiger partial charge >= 0.3 is 0 Å². The van der Waals surface area contributed by atoms with E-state index in [0.717, 1.165) is 42.5 Å². The van der Waals surface area contributed by atoms with Crippen LogP contribution in [0.2, 0.25) is 0 Å². The molecule has 6 nitrogen and oxygen atoms in total. The molecule has 1 aliphatic rings. The third kappa shape index (κ3) is 1.82. The summed E-state index contributed by atoms with van der Waals surface area (Å²) in [7, 11) is 0. The number of nitrogens with zero attached hydrogens (tertiary/aromatic N) is 4. The Morgan fingerprint density at radius 1 is 1.28 bits per heavy atom. The third-order valence-corrected chi connectivity index (χ3v) is 3.24. The topological polar surface area (TPSA) is 64.3 Å². The van der Waals surface area contributed by atoms with E-state index in [1.165, 1.54) is 0 Å². The highest BCUT2D eigenvalue weighted by atomic mass is 16.5. The van der Waals surface area contributed by atoms with E-state index in [9.17, 15) is 0 Å². The summed E-state index contributed by atoms with van der Waals surface area (Å²) in [6, 6.07) is 0. The van der Waals surface area contributed by atoms with Crippen molar-refractivity contribution in [1.82, 2.24) is 24.9 Å². The van der Waals surface area contributed by atoms with Crippen molar-refractivity contribution in [1.29, 1.82) is 0 Å². The molecule has 2 aromatic heterocycles. The summed E-state index contributed by atoms with van der Waals surface area (Å²) < 4.78 is 7.79. The molecule has 0 unspecified atom stereocenters. The van der Waals surface area contributed by atoms with Gasteiger partial charge in [-0.3, -0.25) is 0 Å². The zero-order chi connectivity index (χ0) is 12.7. The van der Waals surface area contributed by atoms with Gasteiger partial charge in [0.05, 0.1) is 11.4 Å². The highest BCUT2D eigenvalue weighted by Gasteiger charge is 2.20. The van der Waals surface area contributed by atoms with E-state index in [2.05, 4.69) is 20.4 Å². The molecule has 2 aromatic rings. The Labute approximate surface area is 105 Å².